The van der Waals surface area contributed by atoms with Gasteiger partial charge in [-0.15, -0.1) is 0 Å². The number of aromatic nitrogens is 2. The highest BCUT2D eigenvalue weighted by Gasteiger charge is 2.30. The number of benzene rings is 2. The van der Waals surface area contributed by atoms with Crippen LogP contribution in [0, 0.1) is 5.92 Å². The minimum atomic E-state index is -2.98. The highest BCUT2D eigenvalue weighted by molar-refractivity contribution is 7.91. The van der Waals surface area contributed by atoms with Crippen molar-refractivity contribution in [3.8, 4) is 11.4 Å². The fourth-order valence-electron chi connectivity index (χ4n) is 6.01. The highest BCUT2D eigenvalue weighted by Crippen LogP contribution is 2.30. The van der Waals surface area contributed by atoms with Gasteiger partial charge in [0.1, 0.15) is 15.7 Å². The van der Waals surface area contributed by atoms with Gasteiger partial charge in [0.15, 0.2) is 0 Å². The molecule has 4 aliphatic rings. The monoisotopic (exact) mass is 526 g/mol. The fraction of sp³-hybridized carbons (Fsp3) is 0.481. The molecule has 5 heterocycles. The zero-order valence-corrected chi connectivity index (χ0v) is 21.8. The molecule has 2 bridgehead atoms. The smallest absolute Gasteiger partial charge is 0.261 e. The number of halogens is 1. The summed E-state index contributed by atoms with van der Waals surface area (Å²) < 4.78 is 25.7. The first kappa shape index (κ1) is 23.9. The molecule has 3 aromatic rings. The molecule has 0 spiro atoms. The van der Waals surface area contributed by atoms with E-state index in [0.717, 1.165) is 50.3 Å². The Hall–Kier alpha value is -2.42. The number of anilines is 1. The molecule has 7 rings (SSSR count). The van der Waals surface area contributed by atoms with Crippen LogP contribution in [0.15, 0.2) is 47.3 Å². The number of hydrogen-bond acceptors (Lipinski definition) is 6. The van der Waals surface area contributed by atoms with Crippen LogP contribution in [0.25, 0.3) is 22.3 Å². The molecule has 0 atom stereocenters. The summed E-state index contributed by atoms with van der Waals surface area (Å²) in [4.78, 5) is 24.0. The maximum Gasteiger partial charge on any atom is 0.261 e. The molecule has 0 unspecified atom stereocenters. The van der Waals surface area contributed by atoms with Crippen molar-refractivity contribution in [2.75, 3.05) is 42.6 Å². The molecule has 1 aromatic heterocycles. The van der Waals surface area contributed by atoms with Crippen molar-refractivity contribution in [3.63, 3.8) is 0 Å². The topological polar surface area (TPSA) is 75.5 Å². The van der Waals surface area contributed by atoms with E-state index in [1.807, 2.05) is 30.3 Å². The number of fused-ring (bicyclic) bond motifs is 5. The summed E-state index contributed by atoms with van der Waals surface area (Å²) in [6, 6.07) is 14.0. The zero-order chi connectivity index (χ0) is 24.9. The normalized spacial score (nSPS) is 24.2. The Morgan fingerprint density at radius 2 is 1.72 bits per heavy atom. The van der Waals surface area contributed by atoms with Crippen molar-refractivity contribution in [3.05, 3.63) is 57.8 Å². The Labute approximate surface area is 216 Å². The Morgan fingerprint density at radius 3 is 2.47 bits per heavy atom. The van der Waals surface area contributed by atoms with Crippen LogP contribution >= 0.6 is 11.6 Å². The van der Waals surface area contributed by atoms with Gasteiger partial charge in [-0.25, -0.2) is 13.4 Å². The van der Waals surface area contributed by atoms with Crippen LogP contribution in [-0.4, -0.2) is 66.6 Å². The summed E-state index contributed by atoms with van der Waals surface area (Å²) in [7, 11) is -2.98. The molecule has 2 aromatic carbocycles. The van der Waals surface area contributed by atoms with Crippen LogP contribution in [-0.2, 0) is 16.4 Å². The number of nitrogens with zero attached hydrogens (tertiary/aromatic N) is 4. The summed E-state index contributed by atoms with van der Waals surface area (Å²) >= 11 is 6.29. The number of hydrogen-bond donors (Lipinski definition) is 0. The van der Waals surface area contributed by atoms with Gasteiger partial charge in [-0.1, -0.05) is 23.7 Å². The molecule has 36 heavy (non-hydrogen) atoms. The van der Waals surface area contributed by atoms with Gasteiger partial charge in [-0.2, -0.15) is 0 Å². The Bertz CT molecular complexity index is 1450. The predicted molar refractivity (Wildman–Crippen MR) is 145 cm³/mol. The molecule has 0 N–H and O–H groups in total. The van der Waals surface area contributed by atoms with Crippen LogP contribution in [0.4, 0.5) is 5.69 Å². The molecular formula is C27H31ClN4O3S. The van der Waals surface area contributed by atoms with E-state index in [9.17, 15) is 13.2 Å². The minimum absolute atomic E-state index is 0.0758. The van der Waals surface area contributed by atoms with Gasteiger partial charge in [0.2, 0.25) is 0 Å². The molecular weight excluding hydrogens is 496 g/mol. The van der Waals surface area contributed by atoms with Crippen molar-refractivity contribution in [1.29, 1.82) is 0 Å². The lowest BCUT2D eigenvalue weighted by Crippen LogP contribution is -2.38. The fourth-order valence-corrected chi connectivity index (χ4v) is 7.79. The van der Waals surface area contributed by atoms with Crippen molar-refractivity contribution >= 4 is 38.0 Å². The molecule has 190 valence electrons. The van der Waals surface area contributed by atoms with Crippen molar-refractivity contribution < 1.29 is 8.42 Å². The summed E-state index contributed by atoms with van der Waals surface area (Å²) in [5, 5.41) is 1.19. The van der Waals surface area contributed by atoms with Crippen LogP contribution in [0.1, 0.15) is 25.7 Å². The lowest BCUT2D eigenvalue weighted by atomic mass is 10.0. The number of sulfone groups is 1. The van der Waals surface area contributed by atoms with Gasteiger partial charge in [0.05, 0.1) is 22.4 Å². The molecule has 4 aliphatic heterocycles. The largest absolute Gasteiger partial charge is 0.367 e. The average molecular weight is 527 g/mol. The third kappa shape index (κ3) is 4.66. The second kappa shape index (κ2) is 9.47. The highest BCUT2D eigenvalue weighted by atomic mass is 35.5. The summed E-state index contributed by atoms with van der Waals surface area (Å²) in [6.07, 6.45) is 3.43. The Balaban J connectivity index is 1.44. The molecule has 4 saturated heterocycles. The van der Waals surface area contributed by atoms with E-state index in [1.165, 1.54) is 0 Å². The van der Waals surface area contributed by atoms with E-state index < -0.39 is 9.84 Å². The average Bonchev–Trinajstić information content (AvgIpc) is 3.20. The first-order valence-electron chi connectivity index (χ1n) is 12.9. The molecule has 9 heteroatoms. The van der Waals surface area contributed by atoms with Crippen LogP contribution in [0.5, 0.6) is 0 Å². The van der Waals surface area contributed by atoms with E-state index in [1.54, 1.807) is 10.6 Å². The third-order valence-corrected chi connectivity index (χ3v) is 10.1. The SMILES string of the molecule is O=c1c2cc(N3CCN4CCC3CC4)ccc2nc(-c2cccc(Cl)c2)n1CC1CCS(=O)(=O)CC1. The summed E-state index contributed by atoms with van der Waals surface area (Å²) in [5.41, 5.74) is 2.46. The van der Waals surface area contributed by atoms with Gasteiger partial charge in [0.25, 0.3) is 5.56 Å². The van der Waals surface area contributed by atoms with Crippen LogP contribution in [0.3, 0.4) is 0 Å². The second-order valence-electron chi connectivity index (χ2n) is 10.4. The predicted octanol–water partition coefficient (Wildman–Crippen LogP) is 3.83. The van der Waals surface area contributed by atoms with E-state index in [-0.39, 0.29) is 23.0 Å². The zero-order valence-electron chi connectivity index (χ0n) is 20.3. The third-order valence-electron chi connectivity index (χ3n) is 8.12. The summed E-state index contributed by atoms with van der Waals surface area (Å²) in [5.74, 6) is 1.05. The first-order chi connectivity index (χ1) is 17.4. The first-order valence-corrected chi connectivity index (χ1v) is 15.1. The maximum absolute atomic E-state index is 14.0. The van der Waals surface area contributed by atoms with E-state index in [0.29, 0.717) is 47.2 Å². The lowest BCUT2D eigenvalue weighted by molar-refractivity contribution is 0.250. The molecule has 4 fully saturated rings. The van der Waals surface area contributed by atoms with Crippen molar-refractivity contribution in [1.82, 2.24) is 14.5 Å². The van der Waals surface area contributed by atoms with E-state index in [4.69, 9.17) is 16.6 Å². The second-order valence-corrected chi connectivity index (χ2v) is 13.2. The molecule has 7 nitrogen and oxygen atoms in total. The van der Waals surface area contributed by atoms with Gasteiger partial charge < -0.3 is 9.80 Å². The quantitative estimate of drug-likeness (QED) is 0.514. The standard InChI is InChI=1S/C27H31ClN4O3S/c28-21-3-1-2-20(16-21)26-29-25-5-4-23(31-13-12-30-10-6-22(31)7-11-30)17-24(25)27(33)32(26)18-19-8-14-36(34,35)15-9-19/h1-5,16-17,19,22H,6-15,18H2. The summed E-state index contributed by atoms with van der Waals surface area (Å²) in [6.45, 7) is 4.75. The maximum atomic E-state index is 14.0. The molecule has 0 radical (unpaired) electrons. The molecule has 0 aliphatic carbocycles. The van der Waals surface area contributed by atoms with Crippen LogP contribution < -0.4 is 10.5 Å². The molecule has 0 saturated carbocycles. The van der Waals surface area contributed by atoms with Gasteiger partial charge in [-0.3, -0.25) is 9.36 Å². The van der Waals surface area contributed by atoms with Crippen LogP contribution in [0.2, 0.25) is 5.02 Å². The Morgan fingerprint density at radius 1 is 0.944 bits per heavy atom. The van der Waals surface area contributed by atoms with Gasteiger partial charge in [-0.05, 0) is 61.9 Å². The Kier molecular flexibility index (Phi) is 6.30. The van der Waals surface area contributed by atoms with Gasteiger partial charge in [0, 0.05) is 55.0 Å². The molecule has 0 amide bonds. The lowest BCUT2D eigenvalue weighted by Gasteiger charge is -2.33. The van der Waals surface area contributed by atoms with Gasteiger partial charge >= 0.3 is 0 Å². The van der Waals surface area contributed by atoms with Crippen molar-refractivity contribution in [2.45, 2.75) is 38.3 Å². The van der Waals surface area contributed by atoms with E-state index >= 15 is 0 Å². The number of piperidine rings is 1. The van der Waals surface area contributed by atoms with Crippen molar-refractivity contribution in [2.24, 2.45) is 5.92 Å². The van der Waals surface area contributed by atoms with E-state index in [2.05, 4.69) is 15.9 Å². The minimum Gasteiger partial charge on any atom is -0.367 e. The number of rotatable bonds is 4.